The zero-order valence-corrected chi connectivity index (χ0v) is 19.8. The number of thioether (sulfide) groups is 1. The smallest absolute Gasteiger partial charge is 0.160 e. The van der Waals surface area contributed by atoms with Gasteiger partial charge in [-0.2, -0.15) is 0 Å². The normalized spacial score (nSPS) is 22.7. The van der Waals surface area contributed by atoms with Crippen LogP contribution in [0.25, 0.3) is 5.69 Å². The number of aliphatic imine (C=N–C) groups is 1. The summed E-state index contributed by atoms with van der Waals surface area (Å²) >= 11 is 1.90. The summed E-state index contributed by atoms with van der Waals surface area (Å²) in [4.78, 5) is 12.5. The van der Waals surface area contributed by atoms with Gasteiger partial charge in [-0.15, -0.1) is 0 Å². The van der Waals surface area contributed by atoms with E-state index in [0.29, 0.717) is 6.04 Å². The molecule has 0 saturated carbocycles. The van der Waals surface area contributed by atoms with Crippen LogP contribution in [0.1, 0.15) is 59.2 Å². The lowest BCUT2D eigenvalue weighted by Gasteiger charge is -2.32. The van der Waals surface area contributed by atoms with Gasteiger partial charge in [-0.1, -0.05) is 36.9 Å². The number of aryl methyl sites for hydroxylation is 2. The van der Waals surface area contributed by atoms with Crippen molar-refractivity contribution in [3.05, 3.63) is 82.4 Å². The van der Waals surface area contributed by atoms with Gasteiger partial charge in [0.1, 0.15) is 6.04 Å². The van der Waals surface area contributed by atoms with Gasteiger partial charge in [0.05, 0.1) is 11.7 Å². The molecule has 0 amide bonds. The van der Waals surface area contributed by atoms with Gasteiger partial charge in [-0.05, 0) is 75.1 Å². The zero-order chi connectivity index (χ0) is 21.7. The average molecular weight is 431 g/mol. The molecule has 1 aromatic carbocycles. The molecule has 4 heterocycles. The van der Waals surface area contributed by atoms with Crippen LogP contribution in [-0.4, -0.2) is 31.4 Å². The molecule has 5 heteroatoms. The molecule has 0 N–H and O–H groups in total. The van der Waals surface area contributed by atoms with E-state index in [0.717, 1.165) is 17.9 Å². The summed E-state index contributed by atoms with van der Waals surface area (Å²) in [6, 6.07) is 15.9. The van der Waals surface area contributed by atoms with Crippen LogP contribution in [-0.2, 0) is 0 Å². The van der Waals surface area contributed by atoms with Crippen LogP contribution < -0.4 is 0 Å². The van der Waals surface area contributed by atoms with Gasteiger partial charge < -0.3 is 9.47 Å². The minimum Gasteiger partial charge on any atom is -0.338 e. The first-order chi connectivity index (χ1) is 15.0. The Morgan fingerprint density at radius 1 is 1.06 bits per heavy atom. The van der Waals surface area contributed by atoms with Crippen molar-refractivity contribution in [2.75, 3.05) is 5.75 Å². The Morgan fingerprint density at radius 3 is 2.65 bits per heavy atom. The molecule has 160 valence electrons. The molecule has 1 saturated heterocycles. The Balaban J connectivity index is 1.66. The van der Waals surface area contributed by atoms with E-state index in [1.165, 1.54) is 38.9 Å². The second-order valence-corrected chi connectivity index (χ2v) is 9.70. The summed E-state index contributed by atoms with van der Waals surface area (Å²) in [7, 11) is 0. The van der Waals surface area contributed by atoms with E-state index in [9.17, 15) is 0 Å². The van der Waals surface area contributed by atoms with Gasteiger partial charge in [0.2, 0.25) is 0 Å². The van der Waals surface area contributed by atoms with Gasteiger partial charge in [-0.25, -0.2) is 0 Å². The third kappa shape index (κ3) is 3.21. The standard InChI is InChI=1S/C26H30N4S/c1-6-20-15-31-26-28-24(22-11-7-8-13-27-22)25(30(20)26)21-14-17(3)29(19(21)5)23-12-9-10-16(2)18(23)4/h7-14,20,24-25H,6,15H2,1-5H3/t20-,24+,25-/m1/s1. The molecule has 0 aliphatic carbocycles. The number of nitrogens with zero attached hydrogens (tertiary/aromatic N) is 4. The molecule has 0 spiro atoms. The first-order valence-electron chi connectivity index (χ1n) is 11.2. The number of fused-ring (bicyclic) bond motifs is 1. The summed E-state index contributed by atoms with van der Waals surface area (Å²) in [6.45, 7) is 11.2. The predicted molar refractivity (Wildman–Crippen MR) is 130 cm³/mol. The molecule has 5 rings (SSSR count). The van der Waals surface area contributed by atoms with Gasteiger partial charge in [0, 0.05) is 35.1 Å². The van der Waals surface area contributed by atoms with Crippen LogP contribution in [0.15, 0.2) is 53.7 Å². The van der Waals surface area contributed by atoms with E-state index in [4.69, 9.17) is 9.98 Å². The number of hydrogen-bond acceptors (Lipinski definition) is 4. The van der Waals surface area contributed by atoms with E-state index in [2.05, 4.69) is 80.5 Å². The van der Waals surface area contributed by atoms with E-state index in [1.54, 1.807) is 0 Å². The molecule has 0 radical (unpaired) electrons. The van der Waals surface area contributed by atoms with E-state index < -0.39 is 0 Å². The first-order valence-corrected chi connectivity index (χ1v) is 12.1. The van der Waals surface area contributed by atoms with Crippen molar-refractivity contribution in [1.82, 2.24) is 14.5 Å². The fourth-order valence-electron chi connectivity index (χ4n) is 5.12. The fourth-order valence-corrected chi connectivity index (χ4v) is 6.46. The highest BCUT2D eigenvalue weighted by Crippen LogP contribution is 2.49. The average Bonchev–Trinajstić information content (AvgIpc) is 3.42. The van der Waals surface area contributed by atoms with Crippen molar-refractivity contribution < 1.29 is 0 Å². The highest BCUT2D eigenvalue weighted by molar-refractivity contribution is 8.14. The maximum Gasteiger partial charge on any atom is 0.160 e. The molecule has 31 heavy (non-hydrogen) atoms. The van der Waals surface area contributed by atoms with Gasteiger partial charge in [0.15, 0.2) is 5.17 Å². The molecule has 1 fully saturated rings. The minimum atomic E-state index is 0.0330. The number of rotatable bonds is 4. The molecule has 3 atom stereocenters. The number of amidine groups is 1. The van der Waals surface area contributed by atoms with Crippen LogP contribution in [0.4, 0.5) is 0 Å². The number of aromatic nitrogens is 2. The highest BCUT2D eigenvalue weighted by atomic mass is 32.2. The third-order valence-corrected chi connectivity index (χ3v) is 8.06. The van der Waals surface area contributed by atoms with Crippen molar-refractivity contribution in [3.8, 4) is 5.69 Å². The molecule has 2 aliphatic heterocycles. The van der Waals surface area contributed by atoms with Crippen molar-refractivity contribution in [3.63, 3.8) is 0 Å². The molecular formula is C26H30N4S. The second kappa shape index (κ2) is 7.86. The van der Waals surface area contributed by atoms with Crippen LogP contribution in [0.3, 0.4) is 0 Å². The molecule has 2 aliphatic rings. The number of pyridine rings is 1. The first kappa shape index (κ1) is 20.4. The maximum atomic E-state index is 5.19. The Morgan fingerprint density at radius 2 is 1.90 bits per heavy atom. The summed E-state index contributed by atoms with van der Waals surface area (Å²) < 4.78 is 2.43. The van der Waals surface area contributed by atoms with Crippen LogP contribution in [0.5, 0.6) is 0 Å². The molecular weight excluding hydrogens is 400 g/mol. The van der Waals surface area contributed by atoms with Crippen molar-refractivity contribution in [1.29, 1.82) is 0 Å². The lowest BCUT2D eigenvalue weighted by molar-refractivity contribution is 0.254. The minimum absolute atomic E-state index is 0.0330. The van der Waals surface area contributed by atoms with Crippen molar-refractivity contribution >= 4 is 16.9 Å². The van der Waals surface area contributed by atoms with Gasteiger partial charge >= 0.3 is 0 Å². The van der Waals surface area contributed by atoms with E-state index in [1.807, 2.05) is 24.0 Å². The fraction of sp³-hybridized carbons (Fsp3) is 0.385. The van der Waals surface area contributed by atoms with Gasteiger partial charge in [-0.3, -0.25) is 9.98 Å². The van der Waals surface area contributed by atoms with Crippen LogP contribution >= 0.6 is 11.8 Å². The van der Waals surface area contributed by atoms with Gasteiger partial charge in [0.25, 0.3) is 0 Å². The SMILES string of the molecule is CC[C@@H]1CSC2=N[C@@H](c3ccccn3)[C@@H](c3cc(C)n(-c4cccc(C)c4C)c3C)N21. The van der Waals surface area contributed by atoms with Crippen molar-refractivity contribution in [2.24, 2.45) is 4.99 Å². The Kier molecular flexibility index (Phi) is 5.17. The van der Waals surface area contributed by atoms with E-state index in [-0.39, 0.29) is 12.1 Å². The quantitative estimate of drug-likeness (QED) is 0.502. The predicted octanol–water partition coefficient (Wildman–Crippen LogP) is 6.09. The molecule has 2 aromatic heterocycles. The lowest BCUT2D eigenvalue weighted by Crippen LogP contribution is -2.35. The number of hydrogen-bond donors (Lipinski definition) is 0. The Labute approximate surface area is 189 Å². The lowest BCUT2D eigenvalue weighted by atomic mass is 9.95. The molecule has 0 unspecified atom stereocenters. The second-order valence-electron chi connectivity index (χ2n) is 8.72. The van der Waals surface area contributed by atoms with Crippen LogP contribution in [0.2, 0.25) is 0 Å². The molecule has 0 bridgehead atoms. The molecule has 3 aromatic rings. The van der Waals surface area contributed by atoms with Crippen molar-refractivity contribution in [2.45, 2.75) is 59.2 Å². The summed E-state index contributed by atoms with van der Waals surface area (Å²) in [5.41, 5.74) is 8.94. The molecule has 4 nitrogen and oxygen atoms in total. The zero-order valence-electron chi connectivity index (χ0n) is 19.0. The Bertz CT molecular complexity index is 1150. The summed E-state index contributed by atoms with van der Waals surface area (Å²) in [5.74, 6) is 1.12. The topological polar surface area (TPSA) is 33.4 Å². The van der Waals surface area contributed by atoms with Crippen LogP contribution in [0, 0.1) is 27.7 Å². The third-order valence-electron chi connectivity index (χ3n) is 6.94. The largest absolute Gasteiger partial charge is 0.338 e. The Hall–Kier alpha value is -2.53. The summed E-state index contributed by atoms with van der Waals surface area (Å²) in [6.07, 6.45) is 3.02. The maximum absolute atomic E-state index is 5.19. The van der Waals surface area contributed by atoms with E-state index >= 15 is 0 Å². The highest BCUT2D eigenvalue weighted by Gasteiger charge is 2.46. The number of benzene rings is 1. The summed E-state index contributed by atoms with van der Waals surface area (Å²) in [5, 5.41) is 1.18. The monoisotopic (exact) mass is 430 g/mol.